The summed E-state index contributed by atoms with van der Waals surface area (Å²) in [6.07, 6.45) is -7.93. The molecule has 0 bridgehead atoms. The van der Waals surface area contributed by atoms with E-state index in [0.717, 1.165) is 6.07 Å². The molecule has 0 unspecified atom stereocenters. The highest BCUT2D eigenvalue weighted by Crippen LogP contribution is 2.35. The largest absolute Gasteiger partial charge is 0.433 e. The van der Waals surface area contributed by atoms with Gasteiger partial charge in [0.05, 0.1) is 6.61 Å². The molecule has 0 aromatic carbocycles. The molecule has 0 aliphatic rings. The lowest BCUT2D eigenvalue weighted by atomic mass is 10.1. The molecule has 0 amide bonds. The second kappa shape index (κ2) is 4.32. The average Bonchev–Trinajstić information content (AvgIpc) is 2.14. The van der Waals surface area contributed by atoms with Crippen molar-refractivity contribution in [3.05, 3.63) is 28.6 Å². The van der Waals surface area contributed by atoms with Gasteiger partial charge in [-0.1, -0.05) is 0 Å². The van der Waals surface area contributed by atoms with Crippen molar-refractivity contribution in [1.29, 1.82) is 0 Å². The summed E-state index contributed by atoms with van der Waals surface area (Å²) in [6.45, 7) is 0.0596. The van der Waals surface area contributed by atoms with E-state index in [0.29, 0.717) is 0 Å². The first-order chi connectivity index (χ1) is 7.27. The molecule has 1 heterocycles. The number of halogens is 5. The molecular weight excluding hydrogens is 233 g/mol. The zero-order valence-electron chi connectivity index (χ0n) is 8.15. The van der Waals surface area contributed by atoms with Crippen LogP contribution < -0.4 is 0 Å². The van der Waals surface area contributed by atoms with Crippen molar-refractivity contribution in [2.45, 2.75) is 26.1 Å². The molecule has 0 atom stereocenters. The van der Waals surface area contributed by atoms with Crippen molar-refractivity contribution in [2.24, 2.45) is 0 Å². The molecule has 7 heteroatoms. The molecule has 0 aliphatic carbocycles. The number of hydrogen-bond donors (Lipinski definition) is 1. The first-order valence-electron chi connectivity index (χ1n) is 4.24. The summed E-state index contributed by atoms with van der Waals surface area (Å²) < 4.78 is 62.2. The summed E-state index contributed by atoms with van der Waals surface area (Å²) in [7, 11) is 0. The number of alkyl halides is 5. The van der Waals surface area contributed by atoms with Crippen LogP contribution in [0.15, 0.2) is 6.07 Å². The van der Waals surface area contributed by atoms with E-state index < -0.39 is 36.0 Å². The Morgan fingerprint density at radius 3 is 2.31 bits per heavy atom. The van der Waals surface area contributed by atoms with Gasteiger partial charge < -0.3 is 5.11 Å². The third-order valence-corrected chi connectivity index (χ3v) is 1.95. The molecule has 0 radical (unpaired) electrons. The molecule has 0 saturated heterocycles. The molecule has 1 aromatic heterocycles. The van der Waals surface area contributed by atoms with Gasteiger partial charge in [0.25, 0.3) is 6.43 Å². The van der Waals surface area contributed by atoms with E-state index in [1.54, 1.807) is 0 Å². The van der Waals surface area contributed by atoms with Gasteiger partial charge in [0.1, 0.15) is 0 Å². The lowest BCUT2D eigenvalue weighted by molar-refractivity contribution is -0.142. The van der Waals surface area contributed by atoms with Crippen LogP contribution in [0.5, 0.6) is 0 Å². The first-order valence-corrected chi connectivity index (χ1v) is 4.24. The zero-order chi connectivity index (χ0) is 12.5. The van der Waals surface area contributed by atoms with Crippen LogP contribution in [0.2, 0.25) is 0 Å². The second-order valence-corrected chi connectivity index (χ2v) is 3.14. The topological polar surface area (TPSA) is 33.1 Å². The summed E-state index contributed by atoms with van der Waals surface area (Å²) >= 11 is 0. The molecule has 16 heavy (non-hydrogen) atoms. The summed E-state index contributed by atoms with van der Waals surface area (Å²) in [6, 6.07) is 0.839. The first kappa shape index (κ1) is 12.8. The van der Waals surface area contributed by atoms with Gasteiger partial charge in [-0.2, -0.15) is 13.2 Å². The zero-order valence-corrected chi connectivity index (χ0v) is 8.15. The maximum Gasteiger partial charge on any atom is 0.433 e. The highest BCUT2D eigenvalue weighted by molar-refractivity contribution is 5.34. The normalized spacial score (nSPS) is 12.2. The summed E-state index contributed by atoms with van der Waals surface area (Å²) in [5, 5.41) is 8.73. The van der Waals surface area contributed by atoms with Crippen LogP contribution in [0.25, 0.3) is 0 Å². The number of aliphatic hydroxyl groups excluding tert-OH is 1. The number of aryl methyl sites for hydroxylation is 1. The van der Waals surface area contributed by atoms with Gasteiger partial charge in [-0.25, -0.2) is 13.8 Å². The molecule has 90 valence electrons. The molecule has 0 aliphatic heterocycles. The Kier molecular flexibility index (Phi) is 3.47. The molecule has 0 spiro atoms. The number of aliphatic hydroxyl groups is 1. The summed E-state index contributed by atoms with van der Waals surface area (Å²) in [4.78, 5) is 3.14. The fourth-order valence-corrected chi connectivity index (χ4v) is 1.32. The lowest BCUT2D eigenvalue weighted by Crippen LogP contribution is -2.15. The number of rotatable bonds is 2. The SMILES string of the molecule is Cc1cc(C(F)F)c(CO)c(C(F)(F)F)n1. The van der Waals surface area contributed by atoms with Crippen LogP contribution in [0.4, 0.5) is 22.0 Å². The van der Waals surface area contributed by atoms with Crippen molar-refractivity contribution in [3.8, 4) is 0 Å². The Morgan fingerprint density at radius 2 is 1.94 bits per heavy atom. The van der Waals surface area contributed by atoms with Gasteiger partial charge in [-0.15, -0.1) is 0 Å². The van der Waals surface area contributed by atoms with Crippen molar-refractivity contribution in [2.75, 3.05) is 0 Å². The fourth-order valence-electron chi connectivity index (χ4n) is 1.32. The van der Waals surface area contributed by atoms with E-state index in [4.69, 9.17) is 5.11 Å². The predicted octanol–water partition coefficient (Wildman–Crippen LogP) is 2.84. The summed E-state index contributed by atoms with van der Waals surface area (Å²) in [5.41, 5.74) is -3.32. The van der Waals surface area contributed by atoms with E-state index in [1.165, 1.54) is 6.92 Å². The molecule has 0 saturated carbocycles. The van der Waals surface area contributed by atoms with Gasteiger partial charge in [-0.05, 0) is 13.0 Å². The number of hydrogen-bond acceptors (Lipinski definition) is 2. The fraction of sp³-hybridized carbons (Fsp3) is 0.444. The van der Waals surface area contributed by atoms with Gasteiger partial charge >= 0.3 is 6.18 Å². The van der Waals surface area contributed by atoms with Crippen LogP contribution in [-0.4, -0.2) is 10.1 Å². The van der Waals surface area contributed by atoms with Crippen molar-refractivity contribution >= 4 is 0 Å². The molecule has 2 nitrogen and oxygen atoms in total. The Morgan fingerprint density at radius 1 is 1.38 bits per heavy atom. The number of nitrogens with zero attached hydrogens (tertiary/aromatic N) is 1. The van der Waals surface area contributed by atoms with Crippen molar-refractivity contribution in [3.63, 3.8) is 0 Å². The maximum absolute atomic E-state index is 12.5. The van der Waals surface area contributed by atoms with Crippen molar-refractivity contribution in [1.82, 2.24) is 4.98 Å². The van der Waals surface area contributed by atoms with E-state index in [9.17, 15) is 22.0 Å². The van der Waals surface area contributed by atoms with Crippen LogP contribution in [-0.2, 0) is 12.8 Å². The minimum atomic E-state index is -4.85. The molecule has 1 aromatic rings. The molecule has 0 fully saturated rings. The monoisotopic (exact) mass is 241 g/mol. The Bertz CT molecular complexity index is 388. The third kappa shape index (κ3) is 2.46. The molecule has 1 rings (SSSR count). The standard InChI is InChI=1S/C9H8F5NO/c1-4-2-5(8(10)11)6(3-16)7(15-4)9(12,13)14/h2,8,16H,3H2,1H3. The Hall–Kier alpha value is -1.24. The minimum absolute atomic E-state index is 0.167. The Balaban J connectivity index is 3.49. The van der Waals surface area contributed by atoms with E-state index in [2.05, 4.69) is 4.98 Å². The molecule has 1 N–H and O–H groups in total. The van der Waals surface area contributed by atoms with Gasteiger partial charge in [0, 0.05) is 16.8 Å². The van der Waals surface area contributed by atoms with E-state index in [-0.39, 0.29) is 5.69 Å². The quantitative estimate of drug-likeness (QED) is 0.807. The molecular formula is C9H8F5NO. The maximum atomic E-state index is 12.5. The van der Waals surface area contributed by atoms with Crippen LogP contribution in [0, 0.1) is 6.92 Å². The predicted molar refractivity (Wildman–Crippen MR) is 44.9 cm³/mol. The van der Waals surface area contributed by atoms with E-state index in [1.807, 2.05) is 0 Å². The third-order valence-electron chi connectivity index (χ3n) is 1.95. The average molecular weight is 241 g/mol. The highest BCUT2D eigenvalue weighted by Gasteiger charge is 2.37. The summed E-state index contributed by atoms with van der Waals surface area (Å²) in [5.74, 6) is 0. The van der Waals surface area contributed by atoms with Crippen LogP contribution in [0.3, 0.4) is 0 Å². The minimum Gasteiger partial charge on any atom is -0.392 e. The smallest absolute Gasteiger partial charge is 0.392 e. The second-order valence-electron chi connectivity index (χ2n) is 3.14. The van der Waals surface area contributed by atoms with Gasteiger partial charge in [0.15, 0.2) is 5.69 Å². The van der Waals surface area contributed by atoms with Crippen molar-refractivity contribution < 1.29 is 27.1 Å². The number of aromatic nitrogens is 1. The van der Waals surface area contributed by atoms with Crippen LogP contribution >= 0.6 is 0 Å². The van der Waals surface area contributed by atoms with Gasteiger partial charge in [-0.3, -0.25) is 0 Å². The Labute approximate surface area is 87.7 Å². The van der Waals surface area contributed by atoms with Crippen LogP contribution in [0.1, 0.15) is 28.9 Å². The highest BCUT2D eigenvalue weighted by atomic mass is 19.4. The lowest BCUT2D eigenvalue weighted by Gasteiger charge is -2.15. The van der Waals surface area contributed by atoms with Gasteiger partial charge in [0.2, 0.25) is 0 Å². The van der Waals surface area contributed by atoms with E-state index >= 15 is 0 Å². The number of pyridine rings is 1.